The fourth-order valence-electron chi connectivity index (χ4n) is 6.75. The largest absolute Gasteiger partial charge is 0.390 e. The smallest absolute Gasteiger partial charge is 0.223 e. The van der Waals surface area contributed by atoms with Gasteiger partial charge in [0, 0.05) is 42.5 Å². The monoisotopic (exact) mass is 564 g/mol. The molecule has 41 heavy (non-hydrogen) atoms. The molecule has 2 aromatic rings. The van der Waals surface area contributed by atoms with Gasteiger partial charge in [0.15, 0.2) is 6.29 Å². The Morgan fingerprint density at radius 2 is 1.85 bits per heavy atom. The van der Waals surface area contributed by atoms with Gasteiger partial charge in [-0.15, -0.1) is 0 Å². The molecule has 1 aromatic carbocycles. The van der Waals surface area contributed by atoms with Crippen LogP contribution in [0, 0.1) is 11.8 Å². The summed E-state index contributed by atoms with van der Waals surface area (Å²) in [5.41, 5.74) is 3.54. The predicted molar refractivity (Wildman–Crippen MR) is 162 cm³/mol. The fraction of sp³-hybridized carbons (Fsp3) is 0.625. The lowest BCUT2D eigenvalue weighted by Crippen LogP contribution is -2.54. The molecule has 2 aliphatic heterocycles. The minimum absolute atomic E-state index is 0.0502. The summed E-state index contributed by atoms with van der Waals surface area (Å²) in [4.78, 5) is 21.7. The molecule has 2 unspecified atom stereocenters. The molecule has 1 saturated carbocycles. The first-order valence-corrected chi connectivity index (χ1v) is 15.4. The molecule has 3 aliphatic rings. The van der Waals surface area contributed by atoms with E-state index < -0.39 is 11.8 Å². The maximum Gasteiger partial charge on any atom is 0.223 e. The topological polar surface area (TPSA) is 113 Å². The van der Waals surface area contributed by atoms with Crippen LogP contribution < -0.4 is 20.9 Å². The standard InChI is InChI=1S/C32H48N6O3/c1-21(2)34-29(39)23-8-10-26(11-9-23)38-28-18-22(20-37-16-13-25(14-17-37)32(3,4)41)7-12-27(28)35-31(38)36-30(40)24-6-5-15-33-19-24/h5-7,12,15,18-19,21,23,25-26,30-31,35-36,40-41H,8-11,13-14,16-17,20H2,1-4H3,(H,34,39). The molecule has 2 atom stereocenters. The van der Waals surface area contributed by atoms with Crippen LogP contribution in [0.4, 0.5) is 11.4 Å². The maximum atomic E-state index is 12.7. The molecule has 0 bridgehead atoms. The first kappa shape index (κ1) is 29.8. The summed E-state index contributed by atoms with van der Waals surface area (Å²) in [6.45, 7) is 10.7. The van der Waals surface area contributed by atoms with E-state index in [9.17, 15) is 15.0 Å². The maximum absolute atomic E-state index is 12.7. The zero-order valence-corrected chi connectivity index (χ0v) is 25.0. The van der Waals surface area contributed by atoms with E-state index in [-0.39, 0.29) is 30.2 Å². The van der Waals surface area contributed by atoms with Crippen molar-refractivity contribution in [1.82, 2.24) is 20.5 Å². The van der Waals surface area contributed by atoms with Crippen molar-refractivity contribution in [2.75, 3.05) is 23.3 Å². The molecule has 1 amide bonds. The van der Waals surface area contributed by atoms with E-state index in [0.29, 0.717) is 5.92 Å². The van der Waals surface area contributed by atoms with Crippen LogP contribution in [0.5, 0.6) is 0 Å². The first-order valence-electron chi connectivity index (χ1n) is 15.4. The second-order valence-electron chi connectivity index (χ2n) is 13.0. The van der Waals surface area contributed by atoms with Gasteiger partial charge in [-0.25, -0.2) is 0 Å². The number of piperidine rings is 1. The molecule has 1 aromatic heterocycles. The van der Waals surface area contributed by atoms with Crippen LogP contribution in [0.1, 0.15) is 83.6 Å². The highest BCUT2D eigenvalue weighted by atomic mass is 16.3. The van der Waals surface area contributed by atoms with Crippen LogP contribution in [0.15, 0.2) is 42.7 Å². The summed E-state index contributed by atoms with van der Waals surface area (Å²) in [5.74, 6) is 0.555. The molecule has 3 heterocycles. The highest BCUT2D eigenvalue weighted by molar-refractivity contribution is 5.79. The number of aliphatic hydroxyl groups is 2. The zero-order valence-electron chi connectivity index (χ0n) is 25.0. The predicted octanol–water partition coefficient (Wildman–Crippen LogP) is 3.94. The molecule has 9 nitrogen and oxygen atoms in total. The number of anilines is 2. The Morgan fingerprint density at radius 1 is 1.12 bits per heavy atom. The van der Waals surface area contributed by atoms with Crippen LogP contribution in [0.2, 0.25) is 0 Å². The van der Waals surface area contributed by atoms with Gasteiger partial charge >= 0.3 is 0 Å². The lowest BCUT2D eigenvalue weighted by Gasteiger charge is -2.40. The Labute approximate surface area is 244 Å². The second-order valence-corrected chi connectivity index (χ2v) is 13.0. The third-order valence-electron chi connectivity index (χ3n) is 9.11. The van der Waals surface area contributed by atoms with E-state index in [4.69, 9.17) is 0 Å². The van der Waals surface area contributed by atoms with Crippen molar-refractivity contribution in [3.8, 4) is 0 Å². The van der Waals surface area contributed by atoms with Crippen molar-refractivity contribution in [3.05, 3.63) is 53.9 Å². The fourth-order valence-corrected chi connectivity index (χ4v) is 6.75. The number of aromatic nitrogens is 1. The Bertz CT molecular complexity index is 1150. The Morgan fingerprint density at radius 3 is 2.49 bits per heavy atom. The molecular formula is C32H48N6O3. The number of hydrogen-bond donors (Lipinski definition) is 5. The van der Waals surface area contributed by atoms with E-state index >= 15 is 0 Å². The normalized spacial score (nSPS) is 24.7. The van der Waals surface area contributed by atoms with E-state index in [1.54, 1.807) is 12.4 Å². The van der Waals surface area contributed by atoms with Crippen molar-refractivity contribution < 1.29 is 15.0 Å². The number of amides is 1. The van der Waals surface area contributed by atoms with Crippen LogP contribution in [-0.4, -0.2) is 63.1 Å². The highest BCUT2D eigenvalue weighted by Crippen LogP contribution is 2.41. The molecule has 0 spiro atoms. The van der Waals surface area contributed by atoms with Gasteiger partial charge in [-0.1, -0.05) is 12.1 Å². The number of nitrogens with one attached hydrogen (secondary N) is 3. The summed E-state index contributed by atoms with van der Waals surface area (Å²) >= 11 is 0. The zero-order chi connectivity index (χ0) is 29.1. The lowest BCUT2D eigenvalue weighted by atomic mass is 9.83. The molecule has 5 rings (SSSR count). The average Bonchev–Trinajstić information content (AvgIpc) is 3.30. The molecule has 0 radical (unpaired) electrons. The van der Waals surface area contributed by atoms with Gasteiger partial charge in [-0.2, -0.15) is 0 Å². The van der Waals surface area contributed by atoms with Crippen molar-refractivity contribution in [1.29, 1.82) is 0 Å². The third kappa shape index (κ3) is 7.20. The average molecular weight is 565 g/mol. The lowest BCUT2D eigenvalue weighted by molar-refractivity contribution is -0.126. The number of fused-ring (bicyclic) bond motifs is 1. The van der Waals surface area contributed by atoms with Crippen LogP contribution in [0.25, 0.3) is 0 Å². The van der Waals surface area contributed by atoms with Crippen LogP contribution in [0.3, 0.4) is 0 Å². The van der Waals surface area contributed by atoms with Gasteiger partial charge < -0.3 is 25.7 Å². The van der Waals surface area contributed by atoms with Gasteiger partial charge in [0.25, 0.3) is 0 Å². The Kier molecular flexibility index (Phi) is 9.18. The summed E-state index contributed by atoms with van der Waals surface area (Å²) in [5, 5.41) is 31.6. The SMILES string of the molecule is CC(C)NC(=O)C1CCC(N2c3cc(CN4CCC(C(C)(C)O)CC4)ccc3NC2NC(O)c2cccnc2)CC1. The number of carbonyl (C=O) groups is 1. The Hall–Kier alpha value is -2.72. The second kappa shape index (κ2) is 12.7. The highest BCUT2D eigenvalue weighted by Gasteiger charge is 2.38. The first-order chi connectivity index (χ1) is 19.6. The number of rotatable bonds is 9. The van der Waals surface area contributed by atoms with Crippen molar-refractivity contribution in [2.45, 2.75) is 103 Å². The number of pyridine rings is 1. The Balaban J connectivity index is 1.31. The summed E-state index contributed by atoms with van der Waals surface area (Å²) < 4.78 is 0. The van der Waals surface area contributed by atoms with Crippen molar-refractivity contribution in [2.24, 2.45) is 11.8 Å². The number of benzene rings is 1. The molecule has 5 N–H and O–H groups in total. The summed E-state index contributed by atoms with van der Waals surface area (Å²) in [7, 11) is 0. The van der Waals surface area contributed by atoms with E-state index in [2.05, 4.69) is 48.9 Å². The van der Waals surface area contributed by atoms with Gasteiger partial charge in [-0.05, 0) is 109 Å². The molecule has 1 aliphatic carbocycles. The van der Waals surface area contributed by atoms with Gasteiger partial charge in [0.05, 0.1) is 17.0 Å². The molecule has 1 saturated heterocycles. The van der Waals surface area contributed by atoms with Crippen LogP contribution in [-0.2, 0) is 11.3 Å². The number of likely N-dealkylation sites (tertiary alicyclic amines) is 1. The van der Waals surface area contributed by atoms with E-state index in [1.165, 1.54) is 5.56 Å². The summed E-state index contributed by atoms with van der Waals surface area (Å²) in [6, 6.07) is 10.7. The van der Waals surface area contributed by atoms with Crippen LogP contribution >= 0.6 is 0 Å². The molecular weight excluding hydrogens is 516 g/mol. The molecule has 9 heteroatoms. The molecule has 2 fully saturated rings. The number of hydrogen-bond acceptors (Lipinski definition) is 8. The van der Waals surface area contributed by atoms with E-state index in [1.807, 2.05) is 39.8 Å². The van der Waals surface area contributed by atoms with Crippen molar-refractivity contribution in [3.63, 3.8) is 0 Å². The number of aliphatic hydroxyl groups excluding tert-OH is 1. The quantitative estimate of drug-likeness (QED) is 0.291. The number of carbonyl (C=O) groups excluding carboxylic acids is 1. The minimum atomic E-state index is -0.872. The van der Waals surface area contributed by atoms with E-state index in [0.717, 1.165) is 75.1 Å². The van der Waals surface area contributed by atoms with Gasteiger partial charge in [0.2, 0.25) is 5.91 Å². The summed E-state index contributed by atoms with van der Waals surface area (Å²) in [6.07, 6.45) is 7.76. The van der Waals surface area contributed by atoms with Gasteiger partial charge in [0.1, 0.15) is 6.23 Å². The van der Waals surface area contributed by atoms with Gasteiger partial charge in [-0.3, -0.25) is 20.0 Å². The third-order valence-corrected chi connectivity index (χ3v) is 9.11. The molecule has 224 valence electrons. The van der Waals surface area contributed by atoms with Crippen molar-refractivity contribution >= 4 is 17.3 Å². The minimum Gasteiger partial charge on any atom is -0.390 e. The number of nitrogens with zero attached hydrogens (tertiary/aromatic N) is 3.